The van der Waals surface area contributed by atoms with E-state index >= 15 is 0 Å². The summed E-state index contributed by atoms with van der Waals surface area (Å²) in [6.45, 7) is 8.56. The molecule has 15 nitrogen and oxygen atoms in total. The summed E-state index contributed by atoms with van der Waals surface area (Å²) in [5, 5.41) is 6.83. The van der Waals surface area contributed by atoms with Crippen LogP contribution in [-0.4, -0.2) is 84.4 Å². The van der Waals surface area contributed by atoms with Crippen LogP contribution < -0.4 is 15.0 Å². The molecule has 2 atom stereocenters. The molecule has 2 heterocycles. The Morgan fingerprint density at radius 2 is 1.50 bits per heavy atom. The maximum Gasteiger partial charge on any atom is 0.424 e. The molecule has 0 unspecified atom stereocenters. The second-order valence-electron chi connectivity index (χ2n) is 16.8. The van der Waals surface area contributed by atoms with Crippen LogP contribution in [0, 0.1) is 11.2 Å². The van der Waals surface area contributed by atoms with Gasteiger partial charge < -0.3 is 24.3 Å². The summed E-state index contributed by atoms with van der Waals surface area (Å²) in [6.07, 6.45) is -4.71. The van der Waals surface area contributed by atoms with Gasteiger partial charge in [-0.05, 0) is 79.3 Å². The number of alkyl carbamates (subject to hydrolysis) is 1. The van der Waals surface area contributed by atoms with E-state index in [1.807, 2.05) is 0 Å². The van der Waals surface area contributed by atoms with E-state index < -0.39 is 98.6 Å². The van der Waals surface area contributed by atoms with Crippen LogP contribution >= 0.6 is 0 Å². The van der Waals surface area contributed by atoms with Gasteiger partial charge in [0.2, 0.25) is 6.79 Å². The first kappa shape index (κ1) is 48.5. The zero-order valence-electron chi connectivity index (χ0n) is 36.2. The molecule has 0 fully saturated rings. The van der Waals surface area contributed by atoms with Gasteiger partial charge in [-0.15, -0.1) is 5.10 Å². The van der Waals surface area contributed by atoms with E-state index in [-0.39, 0.29) is 17.9 Å². The summed E-state index contributed by atoms with van der Waals surface area (Å²) in [5.74, 6) is -3.15. The highest BCUT2D eigenvalue weighted by Gasteiger charge is 2.37. The molecule has 0 radical (unpaired) electrons. The van der Waals surface area contributed by atoms with Crippen LogP contribution in [0.25, 0.3) is 16.8 Å². The van der Waals surface area contributed by atoms with Gasteiger partial charge in [0.25, 0.3) is 5.95 Å². The molecule has 20 heteroatoms. The summed E-state index contributed by atoms with van der Waals surface area (Å²) >= 11 is 0. The fraction of sp³-hybridized carbons (Fsp3) is 0.364. The van der Waals surface area contributed by atoms with Gasteiger partial charge in [0.15, 0.2) is 22.1 Å². The number of sulfone groups is 1. The summed E-state index contributed by atoms with van der Waals surface area (Å²) in [5.41, 5.74) is 0.554. The van der Waals surface area contributed by atoms with Gasteiger partial charge in [-0.1, -0.05) is 64.1 Å². The van der Waals surface area contributed by atoms with Gasteiger partial charge in [-0.25, -0.2) is 36.6 Å². The van der Waals surface area contributed by atoms with Gasteiger partial charge in [0.1, 0.15) is 29.0 Å². The Bertz CT molecular complexity index is 2620. The highest BCUT2D eigenvalue weighted by atomic mass is 32.2. The molecule has 5 rings (SSSR count). The summed E-state index contributed by atoms with van der Waals surface area (Å²) in [7, 11) is -4.00. The molecule has 0 bridgehead atoms. The highest BCUT2D eigenvalue weighted by Crippen LogP contribution is 2.37. The van der Waals surface area contributed by atoms with E-state index in [1.165, 1.54) is 22.7 Å². The largest absolute Gasteiger partial charge is 0.482 e. The first-order valence-electron chi connectivity index (χ1n) is 19.6. The van der Waals surface area contributed by atoms with Crippen molar-refractivity contribution in [2.75, 3.05) is 24.6 Å². The quantitative estimate of drug-likeness (QED) is 0.0637. The minimum absolute atomic E-state index is 0.0700. The fourth-order valence-electron chi connectivity index (χ4n) is 6.06. The number of carbonyl (C=O) groups excluding carboxylic acids is 4. The smallest absolute Gasteiger partial charge is 0.424 e. The lowest BCUT2D eigenvalue weighted by Crippen LogP contribution is -2.51. The van der Waals surface area contributed by atoms with Crippen LogP contribution in [0.3, 0.4) is 0 Å². The Labute approximate surface area is 366 Å². The van der Waals surface area contributed by atoms with E-state index in [0.29, 0.717) is 21.6 Å². The van der Waals surface area contributed by atoms with Crippen molar-refractivity contribution >= 4 is 51.1 Å². The zero-order chi connectivity index (χ0) is 47.4. The van der Waals surface area contributed by atoms with Gasteiger partial charge in [-0.2, -0.15) is 18.2 Å². The predicted molar refractivity (Wildman–Crippen MR) is 225 cm³/mol. The molecule has 2 amide bonds. The number of ketones is 1. The number of rotatable bonds is 14. The van der Waals surface area contributed by atoms with Gasteiger partial charge in [0, 0.05) is 36.4 Å². The summed E-state index contributed by atoms with van der Waals surface area (Å²) in [6, 6.07) is 17.6. The lowest BCUT2D eigenvalue weighted by atomic mass is 9.87. The number of Topliss-reactive ketones (excluding diaryl/α,β-unsaturated/α-hetero) is 1. The number of esters is 1. The number of carbonyl (C=O) groups is 4. The third-order valence-electron chi connectivity index (χ3n) is 9.36. The summed E-state index contributed by atoms with van der Waals surface area (Å²) < 4.78 is 101. The number of benzene rings is 3. The number of fused-ring (bicyclic) bond motifs is 1. The Balaban J connectivity index is 1.45. The summed E-state index contributed by atoms with van der Waals surface area (Å²) in [4.78, 5) is 57.3. The SMILES string of the molecule is C[C@@H](C(=O)Cc1ccc(-c2ccc3nc(N(C(=O)OCOC(=O)[C@@H](NC(=O)OC(C)(C)C)C(C)(C)C)c4ccc(S(C)(=O)=O)cc4OCC(F)(F)F)nn3c2)cc1)c1ccc(F)cc1. The van der Waals surface area contributed by atoms with Gasteiger partial charge >= 0.3 is 24.3 Å². The maximum absolute atomic E-state index is 14.0. The molecule has 0 saturated carbocycles. The Morgan fingerprint density at radius 1 is 0.859 bits per heavy atom. The monoisotopic (exact) mass is 913 g/mol. The van der Waals surface area contributed by atoms with Crippen LogP contribution in [0.4, 0.5) is 38.8 Å². The number of pyridine rings is 1. The minimum Gasteiger partial charge on any atom is -0.482 e. The Kier molecular flexibility index (Phi) is 14.4. The number of nitrogens with zero attached hydrogens (tertiary/aromatic N) is 4. The molecule has 0 aliphatic heterocycles. The number of aromatic nitrogens is 3. The molecule has 0 spiro atoms. The van der Waals surface area contributed by atoms with Crippen LogP contribution in [0.1, 0.15) is 65.5 Å². The van der Waals surface area contributed by atoms with Crippen molar-refractivity contribution in [2.45, 2.75) is 83.5 Å². The van der Waals surface area contributed by atoms with Crippen molar-refractivity contribution in [1.29, 1.82) is 0 Å². The lowest BCUT2D eigenvalue weighted by Gasteiger charge is -2.30. The third-order valence-corrected chi connectivity index (χ3v) is 10.5. The zero-order valence-corrected chi connectivity index (χ0v) is 37.0. The topological polar surface area (TPSA) is 185 Å². The van der Waals surface area contributed by atoms with E-state index in [1.54, 1.807) is 97.1 Å². The number of amides is 2. The minimum atomic E-state index is -4.89. The molecular weight excluding hydrogens is 867 g/mol. The molecule has 0 aliphatic rings. The van der Waals surface area contributed by atoms with E-state index in [0.717, 1.165) is 30.0 Å². The van der Waals surface area contributed by atoms with E-state index in [4.69, 9.17) is 18.9 Å². The first-order valence-corrected chi connectivity index (χ1v) is 21.5. The number of nitrogens with one attached hydrogen (secondary N) is 1. The first-order chi connectivity index (χ1) is 29.7. The predicted octanol–water partition coefficient (Wildman–Crippen LogP) is 8.51. The Morgan fingerprint density at radius 3 is 2.09 bits per heavy atom. The van der Waals surface area contributed by atoms with Gasteiger partial charge in [-0.3, -0.25) is 4.79 Å². The number of alkyl halides is 3. The van der Waals surface area contributed by atoms with E-state index in [2.05, 4.69) is 15.4 Å². The highest BCUT2D eigenvalue weighted by molar-refractivity contribution is 7.90. The van der Waals surface area contributed by atoms with Crippen molar-refractivity contribution in [3.05, 3.63) is 102 Å². The number of hydrogen-bond acceptors (Lipinski definition) is 12. The molecule has 3 aromatic carbocycles. The van der Waals surface area contributed by atoms with Crippen LogP contribution in [0.2, 0.25) is 0 Å². The van der Waals surface area contributed by atoms with Crippen molar-refractivity contribution in [2.24, 2.45) is 5.41 Å². The van der Waals surface area contributed by atoms with Crippen molar-refractivity contribution in [3.63, 3.8) is 0 Å². The average Bonchev–Trinajstić information content (AvgIpc) is 3.61. The number of ether oxygens (including phenoxy) is 4. The maximum atomic E-state index is 14.0. The molecule has 1 N–H and O–H groups in total. The average molecular weight is 914 g/mol. The second-order valence-corrected chi connectivity index (χ2v) is 18.8. The van der Waals surface area contributed by atoms with Crippen molar-refractivity contribution in [1.82, 2.24) is 19.9 Å². The molecular formula is C44H47F4N5O10S. The number of hydrogen-bond donors (Lipinski definition) is 1. The third kappa shape index (κ3) is 13.0. The normalized spacial score (nSPS) is 13.1. The second kappa shape index (κ2) is 19.0. The number of halogens is 4. The number of anilines is 2. The molecule has 2 aromatic heterocycles. The van der Waals surface area contributed by atoms with Crippen molar-refractivity contribution in [3.8, 4) is 16.9 Å². The fourth-order valence-corrected chi connectivity index (χ4v) is 6.69. The lowest BCUT2D eigenvalue weighted by molar-refractivity contribution is -0.157. The molecule has 0 aliphatic carbocycles. The van der Waals surface area contributed by atoms with Crippen LogP contribution in [0.5, 0.6) is 5.75 Å². The Hall–Kier alpha value is -6.57. The van der Waals surface area contributed by atoms with Crippen LogP contribution in [-0.2, 0) is 40.1 Å². The van der Waals surface area contributed by atoms with Crippen LogP contribution in [0.15, 0.2) is 90.0 Å². The standard InChI is InChI=1S/C44H47F4N5O10S/c1-26(28-13-16-31(45)17-14-28)34(54)21-27-9-11-29(12-10-27)30-15-20-36-49-39(51-52(36)23-30)53(33-19-18-32(64(8,58)59)22-35(33)60-24-44(46,47)48)41(57)62-25-61-38(55)37(42(2,3)4)50-40(56)63-43(5,6)7/h9-20,22-23,26,37H,21,24-25H2,1-8H3,(H,50,56)/t26-,37-/m1/s1. The van der Waals surface area contributed by atoms with Crippen molar-refractivity contribution < 1.29 is 64.1 Å². The van der Waals surface area contributed by atoms with Gasteiger partial charge in [0.05, 0.1) is 10.6 Å². The molecule has 342 valence electrons. The molecule has 64 heavy (non-hydrogen) atoms. The molecule has 0 saturated heterocycles. The molecule has 5 aromatic rings. The van der Waals surface area contributed by atoms with E-state index in [9.17, 15) is 45.2 Å².